The highest BCUT2D eigenvalue weighted by atomic mass is 16.3. The van der Waals surface area contributed by atoms with Crippen molar-refractivity contribution in [2.75, 3.05) is 0 Å². The van der Waals surface area contributed by atoms with Gasteiger partial charge in [0.2, 0.25) is 11.8 Å². The number of amides is 3. The van der Waals surface area contributed by atoms with Crippen molar-refractivity contribution >= 4 is 23.5 Å². The molecule has 1 heterocycles. The van der Waals surface area contributed by atoms with Gasteiger partial charge in [-0.3, -0.25) is 19.2 Å². The third-order valence-electron chi connectivity index (χ3n) is 8.04. The highest BCUT2D eigenvalue weighted by Gasteiger charge is 2.41. The number of aliphatic hydroxyl groups excluding tert-OH is 1. The summed E-state index contributed by atoms with van der Waals surface area (Å²) < 4.78 is 0. The van der Waals surface area contributed by atoms with Crippen LogP contribution in [0.25, 0.3) is 0 Å². The highest BCUT2D eigenvalue weighted by molar-refractivity contribution is 6.00. The van der Waals surface area contributed by atoms with Crippen LogP contribution < -0.4 is 16.0 Å². The Morgan fingerprint density at radius 1 is 0.949 bits per heavy atom. The van der Waals surface area contributed by atoms with Crippen LogP contribution in [0.1, 0.15) is 55.5 Å². The van der Waals surface area contributed by atoms with Gasteiger partial charge in [0.15, 0.2) is 5.78 Å². The minimum atomic E-state index is -1.25. The molecule has 2 aromatic carbocycles. The lowest BCUT2D eigenvalue weighted by molar-refractivity contribution is -0.137. The number of aromatic hydroxyl groups is 1. The topological polar surface area (TPSA) is 145 Å². The van der Waals surface area contributed by atoms with Gasteiger partial charge in [-0.05, 0) is 48.8 Å². The lowest BCUT2D eigenvalue weighted by Gasteiger charge is -2.37. The second kappa shape index (κ2) is 12.4. The summed E-state index contributed by atoms with van der Waals surface area (Å²) in [7, 11) is 0. The van der Waals surface area contributed by atoms with Crippen LogP contribution in [0.2, 0.25) is 0 Å². The van der Waals surface area contributed by atoms with Gasteiger partial charge in [0, 0.05) is 6.42 Å². The molecule has 1 saturated heterocycles. The Morgan fingerprint density at radius 3 is 2.26 bits per heavy atom. The molecule has 4 rings (SSSR count). The van der Waals surface area contributed by atoms with Gasteiger partial charge in [-0.2, -0.15) is 0 Å². The molecule has 9 heteroatoms. The van der Waals surface area contributed by atoms with Crippen molar-refractivity contribution in [3.05, 3.63) is 65.7 Å². The van der Waals surface area contributed by atoms with Crippen molar-refractivity contribution in [1.82, 2.24) is 16.0 Å². The molecule has 3 amide bonds. The van der Waals surface area contributed by atoms with Gasteiger partial charge in [0.25, 0.3) is 5.91 Å². The Balaban J connectivity index is 1.67. The fraction of sp³-hybridized carbons (Fsp3) is 0.467. The van der Waals surface area contributed by atoms with E-state index < -0.39 is 53.8 Å². The third kappa shape index (κ3) is 6.65. The zero-order valence-corrected chi connectivity index (χ0v) is 22.3. The largest absolute Gasteiger partial charge is 0.507 e. The summed E-state index contributed by atoms with van der Waals surface area (Å²) >= 11 is 0. The number of aliphatic hydroxyl groups is 1. The first-order valence-electron chi connectivity index (χ1n) is 13.6. The molecule has 9 nitrogen and oxygen atoms in total. The monoisotopic (exact) mass is 535 g/mol. The number of nitrogens with one attached hydrogen (secondary N) is 3. The van der Waals surface area contributed by atoms with Crippen LogP contribution in [0.3, 0.4) is 0 Å². The highest BCUT2D eigenvalue weighted by Crippen LogP contribution is 2.32. The predicted molar refractivity (Wildman–Crippen MR) is 145 cm³/mol. The molecule has 2 fully saturated rings. The molecule has 1 aliphatic heterocycles. The van der Waals surface area contributed by atoms with E-state index in [4.69, 9.17) is 0 Å². The quantitative estimate of drug-likeness (QED) is 0.397. The summed E-state index contributed by atoms with van der Waals surface area (Å²) in [6, 6.07) is 12.6. The van der Waals surface area contributed by atoms with Crippen molar-refractivity contribution in [3.63, 3.8) is 0 Å². The Labute approximate surface area is 228 Å². The van der Waals surface area contributed by atoms with Gasteiger partial charge in [0.1, 0.15) is 11.8 Å². The van der Waals surface area contributed by atoms with Crippen LogP contribution in [0.4, 0.5) is 0 Å². The second-order valence-electron chi connectivity index (χ2n) is 10.9. The van der Waals surface area contributed by atoms with Crippen LogP contribution in [0, 0.1) is 17.8 Å². The minimum absolute atomic E-state index is 0.00374. The van der Waals surface area contributed by atoms with Crippen LogP contribution >= 0.6 is 0 Å². The smallest absolute Gasteiger partial charge is 0.255 e. The Bertz CT molecular complexity index is 1200. The Kier molecular flexibility index (Phi) is 9.01. The third-order valence-corrected chi connectivity index (χ3v) is 8.04. The molecule has 5 N–H and O–H groups in total. The molecule has 1 saturated carbocycles. The molecule has 39 heavy (non-hydrogen) atoms. The molecule has 0 bridgehead atoms. The average Bonchev–Trinajstić information content (AvgIpc) is 2.89. The molecule has 1 unspecified atom stereocenters. The fourth-order valence-corrected chi connectivity index (χ4v) is 5.33. The minimum Gasteiger partial charge on any atom is -0.507 e. The molecular weight excluding hydrogens is 498 g/mol. The number of phenols is 1. The van der Waals surface area contributed by atoms with E-state index in [1.165, 1.54) is 12.1 Å². The number of carbonyl (C=O) groups excluding carboxylic acids is 4. The van der Waals surface area contributed by atoms with E-state index in [0.29, 0.717) is 0 Å². The summed E-state index contributed by atoms with van der Waals surface area (Å²) in [5, 5.41) is 29.9. The van der Waals surface area contributed by atoms with Crippen molar-refractivity contribution in [2.24, 2.45) is 17.8 Å². The zero-order valence-electron chi connectivity index (χ0n) is 22.3. The average molecular weight is 536 g/mol. The zero-order chi connectivity index (χ0) is 28.1. The fourth-order valence-electron chi connectivity index (χ4n) is 5.33. The number of hydrogen-bond acceptors (Lipinski definition) is 6. The van der Waals surface area contributed by atoms with E-state index in [9.17, 15) is 29.4 Å². The second-order valence-corrected chi connectivity index (χ2v) is 10.9. The maximum absolute atomic E-state index is 13.7. The molecule has 208 valence electrons. The number of phenolic OH excluding ortho intramolecular Hbond substituents is 1. The lowest BCUT2D eigenvalue weighted by atomic mass is 9.76. The predicted octanol–water partition coefficient (Wildman–Crippen LogP) is 2.11. The maximum Gasteiger partial charge on any atom is 0.255 e. The van der Waals surface area contributed by atoms with Crippen molar-refractivity contribution < 1.29 is 29.4 Å². The first-order chi connectivity index (χ1) is 18.7. The van der Waals surface area contributed by atoms with Gasteiger partial charge in [-0.25, -0.2) is 0 Å². The van der Waals surface area contributed by atoms with Gasteiger partial charge < -0.3 is 26.2 Å². The SMILES string of the molecule is C[C@H]1CC(=O)C(C2CCC2)NC(=O)[C@H](C)[C@H](O)[C@H](Cc2ccccc2)NC(=O)[C@H]1NC(=O)c1ccccc1O. The molecular formula is C30H37N3O6. The number of benzene rings is 2. The van der Waals surface area contributed by atoms with Crippen molar-refractivity contribution in [3.8, 4) is 5.75 Å². The van der Waals surface area contributed by atoms with E-state index in [1.54, 1.807) is 26.0 Å². The number of carbonyl (C=O) groups is 4. The van der Waals surface area contributed by atoms with Crippen LogP contribution in [0.5, 0.6) is 5.75 Å². The molecule has 0 aromatic heterocycles. The molecule has 2 aliphatic rings. The van der Waals surface area contributed by atoms with Gasteiger partial charge in [-0.1, -0.05) is 62.7 Å². The van der Waals surface area contributed by atoms with E-state index in [-0.39, 0.29) is 35.9 Å². The molecule has 2 aromatic rings. The van der Waals surface area contributed by atoms with Gasteiger partial charge in [0.05, 0.1) is 29.7 Å². The number of ketones is 1. The van der Waals surface area contributed by atoms with E-state index in [0.717, 1.165) is 24.8 Å². The first-order valence-corrected chi connectivity index (χ1v) is 13.6. The van der Waals surface area contributed by atoms with Crippen molar-refractivity contribution in [2.45, 2.75) is 70.2 Å². The molecule has 1 aliphatic carbocycles. The normalized spacial score (nSPS) is 28.7. The van der Waals surface area contributed by atoms with E-state index in [2.05, 4.69) is 16.0 Å². The van der Waals surface area contributed by atoms with E-state index >= 15 is 0 Å². The Hall–Kier alpha value is -3.72. The molecule has 0 spiro atoms. The van der Waals surface area contributed by atoms with Crippen LogP contribution in [-0.4, -0.2) is 57.9 Å². The number of para-hydroxylation sites is 1. The van der Waals surface area contributed by atoms with Gasteiger partial charge in [-0.15, -0.1) is 0 Å². The summed E-state index contributed by atoms with van der Waals surface area (Å²) in [5.41, 5.74) is 0.857. The van der Waals surface area contributed by atoms with Crippen molar-refractivity contribution in [1.29, 1.82) is 0 Å². The lowest BCUT2D eigenvalue weighted by Crippen LogP contribution is -2.59. The number of rotatable bonds is 5. The first kappa shape index (κ1) is 28.3. The van der Waals surface area contributed by atoms with Gasteiger partial charge >= 0.3 is 0 Å². The number of Topliss-reactive ketones (excluding diaryl/α,β-unsaturated/α-hetero) is 1. The van der Waals surface area contributed by atoms with Crippen LogP contribution in [-0.2, 0) is 20.8 Å². The Morgan fingerprint density at radius 2 is 1.62 bits per heavy atom. The molecule has 6 atom stereocenters. The van der Waals surface area contributed by atoms with Crippen LogP contribution in [0.15, 0.2) is 54.6 Å². The summed E-state index contributed by atoms with van der Waals surface area (Å²) in [6.45, 7) is 3.28. The molecule has 0 radical (unpaired) electrons. The summed E-state index contributed by atoms with van der Waals surface area (Å²) in [6.07, 6.45) is 1.56. The number of hydrogen-bond donors (Lipinski definition) is 5. The summed E-state index contributed by atoms with van der Waals surface area (Å²) in [4.78, 5) is 53.4. The maximum atomic E-state index is 13.7. The van der Waals surface area contributed by atoms with E-state index in [1.807, 2.05) is 30.3 Å². The standard InChI is InChI=1S/C30H37N3O6/c1-17-15-24(35)26(20-11-8-12-20)33-28(37)18(2)27(36)22(16-19-9-4-3-5-10-19)31-30(39)25(17)32-29(38)21-13-6-7-14-23(21)34/h3-7,9-10,13-14,17-18,20,22,25-27,34,36H,8,11-12,15-16H2,1-2H3,(H,31,39)(H,32,38)(H,33,37)/t17-,18+,22-,25-,26?,27-/m0/s1. The summed E-state index contributed by atoms with van der Waals surface area (Å²) in [5.74, 6) is -3.63.